The molecule has 4 heteroatoms. The van der Waals surface area contributed by atoms with Crippen LogP contribution in [0.25, 0.3) is 0 Å². The summed E-state index contributed by atoms with van der Waals surface area (Å²) in [7, 11) is 1.41. The lowest BCUT2D eigenvalue weighted by Crippen LogP contribution is -2.21. The molecule has 0 fully saturated rings. The van der Waals surface area contributed by atoms with Crippen molar-refractivity contribution >= 4 is 11.7 Å². The van der Waals surface area contributed by atoms with E-state index in [2.05, 4.69) is 12.2 Å². The highest BCUT2D eigenvalue weighted by molar-refractivity contribution is 5.72. The Hall–Kier alpha value is -1.71. The van der Waals surface area contributed by atoms with Gasteiger partial charge in [0, 0.05) is 12.2 Å². The summed E-state index contributed by atoms with van der Waals surface area (Å²) in [5, 5.41) is 3.21. The number of unbranched alkanes of at least 4 members (excludes halogenated alkanes) is 3. The van der Waals surface area contributed by atoms with Crippen LogP contribution in [0.4, 0.5) is 5.69 Å². The summed E-state index contributed by atoms with van der Waals surface area (Å²) >= 11 is 0. The maximum atomic E-state index is 11.3. The summed E-state index contributed by atoms with van der Waals surface area (Å²) in [6.07, 6.45) is 4.83. The van der Waals surface area contributed by atoms with Gasteiger partial charge in [-0.2, -0.15) is 0 Å². The van der Waals surface area contributed by atoms with Gasteiger partial charge in [0.2, 0.25) is 0 Å². The fourth-order valence-electron chi connectivity index (χ4n) is 1.94. The van der Waals surface area contributed by atoms with Crippen molar-refractivity contribution in [2.24, 2.45) is 5.92 Å². The van der Waals surface area contributed by atoms with Crippen LogP contribution in [-0.2, 0) is 9.53 Å². The summed E-state index contributed by atoms with van der Waals surface area (Å²) < 4.78 is 10.4. The standard InChI is InChI=1S/C17H27NO3/c1-4-5-6-7-12-21-16-10-8-15(9-11-16)18-13-14(2)17(19)20-3/h8-11,14,18H,4-7,12-13H2,1-3H3. The van der Waals surface area contributed by atoms with Crippen molar-refractivity contribution in [3.05, 3.63) is 24.3 Å². The first-order valence-electron chi connectivity index (χ1n) is 7.72. The van der Waals surface area contributed by atoms with E-state index in [1.807, 2.05) is 31.2 Å². The van der Waals surface area contributed by atoms with E-state index in [0.29, 0.717) is 6.54 Å². The van der Waals surface area contributed by atoms with Crippen LogP contribution in [-0.4, -0.2) is 26.2 Å². The Morgan fingerprint density at radius 1 is 1.19 bits per heavy atom. The maximum absolute atomic E-state index is 11.3. The molecule has 1 N–H and O–H groups in total. The average Bonchev–Trinajstić information content (AvgIpc) is 2.52. The number of nitrogens with one attached hydrogen (secondary N) is 1. The van der Waals surface area contributed by atoms with Crippen molar-refractivity contribution in [3.8, 4) is 5.75 Å². The summed E-state index contributed by atoms with van der Waals surface area (Å²) in [6.45, 7) is 5.37. The number of carbonyl (C=O) groups excluding carboxylic acids is 1. The number of anilines is 1. The number of ether oxygens (including phenoxy) is 2. The van der Waals surface area contributed by atoms with Crippen LogP contribution in [0.3, 0.4) is 0 Å². The van der Waals surface area contributed by atoms with Crippen molar-refractivity contribution in [2.45, 2.75) is 39.5 Å². The van der Waals surface area contributed by atoms with Gasteiger partial charge in [-0.25, -0.2) is 0 Å². The summed E-state index contributed by atoms with van der Waals surface area (Å²) in [6, 6.07) is 7.83. The average molecular weight is 293 g/mol. The molecule has 0 spiro atoms. The van der Waals surface area contributed by atoms with Crippen LogP contribution in [0.2, 0.25) is 0 Å². The zero-order valence-electron chi connectivity index (χ0n) is 13.4. The zero-order chi connectivity index (χ0) is 15.5. The normalized spacial score (nSPS) is 11.8. The van der Waals surface area contributed by atoms with Crippen LogP contribution in [0.1, 0.15) is 39.5 Å². The molecule has 0 amide bonds. The van der Waals surface area contributed by atoms with Crippen LogP contribution in [0, 0.1) is 5.92 Å². The van der Waals surface area contributed by atoms with E-state index in [1.165, 1.54) is 26.4 Å². The quantitative estimate of drug-likeness (QED) is 0.525. The van der Waals surface area contributed by atoms with Gasteiger partial charge in [0.15, 0.2) is 0 Å². The van der Waals surface area contributed by atoms with E-state index >= 15 is 0 Å². The van der Waals surface area contributed by atoms with Gasteiger partial charge >= 0.3 is 5.97 Å². The minimum atomic E-state index is -0.200. The largest absolute Gasteiger partial charge is 0.494 e. The molecule has 1 aromatic rings. The van der Waals surface area contributed by atoms with E-state index < -0.39 is 0 Å². The fraction of sp³-hybridized carbons (Fsp3) is 0.588. The Morgan fingerprint density at radius 3 is 2.52 bits per heavy atom. The monoisotopic (exact) mass is 293 g/mol. The van der Waals surface area contributed by atoms with Crippen LogP contribution in [0.15, 0.2) is 24.3 Å². The molecule has 0 bridgehead atoms. The smallest absolute Gasteiger partial charge is 0.310 e. The Morgan fingerprint density at radius 2 is 1.90 bits per heavy atom. The van der Waals surface area contributed by atoms with E-state index in [9.17, 15) is 4.79 Å². The van der Waals surface area contributed by atoms with Gasteiger partial charge in [0.25, 0.3) is 0 Å². The Labute approximate surface area is 127 Å². The summed E-state index contributed by atoms with van der Waals surface area (Å²) in [5.41, 5.74) is 0.976. The van der Waals surface area contributed by atoms with Gasteiger partial charge in [0.1, 0.15) is 5.75 Å². The highest BCUT2D eigenvalue weighted by Crippen LogP contribution is 2.16. The molecule has 1 aromatic carbocycles. The maximum Gasteiger partial charge on any atom is 0.310 e. The summed E-state index contributed by atoms with van der Waals surface area (Å²) in [4.78, 5) is 11.3. The Balaban J connectivity index is 2.28. The van der Waals surface area contributed by atoms with E-state index in [4.69, 9.17) is 9.47 Å². The molecule has 1 unspecified atom stereocenters. The molecule has 0 aliphatic carbocycles. The first kappa shape index (κ1) is 17.3. The number of hydrogen-bond acceptors (Lipinski definition) is 4. The van der Waals surface area contributed by atoms with Crippen molar-refractivity contribution in [1.29, 1.82) is 0 Å². The minimum Gasteiger partial charge on any atom is -0.494 e. The number of carbonyl (C=O) groups is 1. The van der Waals surface area contributed by atoms with Gasteiger partial charge in [0.05, 0.1) is 19.6 Å². The van der Waals surface area contributed by atoms with Crippen molar-refractivity contribution < 1.29 is 14.3 Å². The molecule has 0 saturated heterocycles. The van der Waals surface area contributed by atoms with Crippen LogP contribution in [0.5, 0.6) is 5.75 Å². The fourth-order valence-corrected chi connectivity index (χ4v) is 1.94. The number of esters is 1. The third-order valence-corrected chi connectivity index (χ3v) is 3.34. The topological polar surface area (TPSA) is 47.6 Å². The van der Waals surface area contributed by atoms with Gasteiger partial charge in [-0.1, -0.05) is 33.1 Å². The molecule has 4 nitrogen and oxygen atoms in total. The Bertz CT molecular complexity index is 403. The highest BCUT2D eigenvalue weighted by Gasteiger charge is 2.12. The second-order valence-electron chi connectivity index (χ2n) is 5.24. The Kier molecular flexibility index (Phi) is 8.32. The number of benzene rings is 1. The molecule has 1 rings (SSSR count). The molecule has 1 atom stereocenters. The van der Waals surface area contributed by atoms with Gasteiger partial charge in [-0.3, -0.25) is 4.79 Å². The van der Waals surface area contributed by atoms with Gasteiger partial charge in [-0.05, 0) is 30.7 Å². The molecule has 0 saturated carbocycles. The van der Waals surface area contributed by atoms with Crippen LogP contribution < -0.4 is 10.1 Å². The third kappa shape index (κ3) is 7.02. The lowest BCUT2D eigenvalue weighted by Gasteiger charge is -2.12. The second kappa shape index (κ2) is 10.1. The number of rotatable bonds is 10. The molecule has 21 heavy (non-hydrogen) atoms. The number of methoxy groups -OCH3 is 1. The minimum absolute atomic E-state index is 0.163. The highest BCUT2D eigenvalue weighted by atomic mass is 16.5. The van der Waals surface area contributed by atoms with Crippen molar-refractivity contribution in [2.75, 3.05) is 25.6 Å². The van der Waals surface area contributed by atoms with Crippen molar-refractivity contribution in [3.63, 3.8) is 0 Å². The molecule has 118 valence electrons. The van der Waals surface area contributed by atoms with E-state index in [1.54, 1.807) is 0 Å². The van der Waals surface area contributed by atoms with E-state index in [0.717, 1.165) is 24.5 Å². The number of hydrogen-bond donors (Lipinski definition) is 1. The second-order valence-corrected chi connectivity index (χ2v) is 5.24. The predicted octanol–water partition coefficient (Wildman–Crippen LogP) is 3.87. The molecule has 0 aliphatic heterocycles. The van der Waals surface area contributed by atoms with E-state index in [-0.39, 0.29) is 11.9 Å². The lowest BCUT2D eigenvalue weighted by molar-refractivity contribution is -0.144. The molecular weight excluding hydrogens is 266 g/mol. The molecule has 0 aliphatic rings. The van der Waals surface area contributed by atoms with Crippen LogP contribution >= 0.6 is 0 Å². The first-order chi connectivity index (χ1) is 10.2. The zero-order valence-corrected chi connectivity index (χ0v) is 13.4. The third-order valence-electron chi connectivity index (χ3n) is 3.34. The van der Waals surface area contributed by atoms with Gasteiger partial charge in [-0.15, -0.1) is 0 Å². The first-order valence-corrected chi connectivity index (χ1v) is 7.72. The van der Waals surface area contributed by atoms with Gasteiger partial charge < -0.3 is 14.8 Å². The molecule has 0 heterocycles. The SMILES string of the molecule is CCCCCCOc1ccc(NCC(C)C(=O)OC)cc1. The summed E-state index contributed by atoms with van der Waals surface area (Å²) in [5.74, 6) is 0.525. The van der Waals surface area contributed by atoms with Crippen molar-refractivity contribution in [1.82, 2.24) is 0 Å². The predicted molar refractivity (Wildman–Crippen MR) is 85.7 cm³/mol. The lowest BCUT2D eigenvalue weighted by atomic mass is 10.2. The molecule has 0 radical (unpaired) electrons. The molecular formula is C17H27NO3. The molecule has 0 aromatic heterocycles.